The second-order valence-electron chi connectivity index (χ2n) is 9.80. The number of rotatable bonds is 6. The smallest absolute Gasteiger partial charge is 0.306 e. The number of hydrogen-bond acceptors (Lipinski definition) is 7. The number of benzene rings is 2. The Morgan fingerprint density at radius 2 is 1.94 bits per heavy atom. The fourth-order valence-corrected chi connectivity index (χ4v) is 4.73. The Labute approximate surface area is 212 Å². The van der Waals surface area contributed by atoms with Gasteiger partial charge < -0.3 is 14.7 Å². The molecule has 8 heteroatoms. The molecule has 2 heterocycles. The zero-order valence-corrected chi connectivity index (χ0v) is 21.1. The van der Waals surface area contributed by atoms with Crippen molar-refractivity contribution in [3.63, 3.8) is 0 Å². The Balaban J connectivity index is 0.000000211. The average Bonchev–Trinajstić information content (AvgIpc) is 3.51. The van der Waals surface area contributed by atoms with E-state index >= 15 is 0 Å². The topological polar surface area (TPSA) is 107 Å². The Morgan fingerprint density at radius 1 is 1.22 bits per heavy atom. The number of nitrogens with zero attached hydrogens (tertiary/aromatic N) is 3. The third-order valence-corrected chi connectivity index (χ3v) is 6.81. The molecule has 5 rings (SSSR count). The van der Waals surface area contributed by atoms with Crippen LogP contribution in [0.1, 0.15) is 68.0 Å². The first-order valence-corrected chi connectivity index (χ1v) is 12.6. The van der Waals surface area contributed by atoms with Crippen molar-refractivity contribution < 1.29 is 19.5 Å². The second kappa shape index (κ2) is 11.5. The summed E-state index contributed by atoms with van der Waals surface area (Å²) in [6.07, 6.45) is 3.89. The van der Waals surface area contributed by atoms with Gasteiger partial charge >= 0.3 is 5.97 Å². The van der Waals surface area contributed by atoms with Crippen LogP contribution in [0.3, 0.4) is 0 Å². The first-order chi connectivity index (χ1) is 17.4. The van der Waals surface area contributed by atoms with Crippen LogP contribution >= 0.6 is 0 Å². The number of carboxylic acids is 1. The maximum atomic E-state index is 10.5. The summed E-state index contributed by atoms with van der Waals surface area (Å²) < 4.78 is 5.65. The van der Waals surface area contributed by atoms with Gasteiger partial charge in [0.1, 0.15) is 11.8 Å². The van der Waals surface area contributed by atoms with Gasteiger partial charge in [0, 0.05) is 17.2 Å². The van der Waals surface area contributed by atoms with E-state index in [0.29, 0.717) is 23.2 Å². The molecular formula is C28H34N4O4. The summed E-state index contributed by atoms with van der Waals surface area (Å²) in [7, 11) is 0. The number of hydroxylamine groups is 1. The van der Waals surface area contributed by atoms with Gasteiger partial charge in [-0.3, -0.25) is 4.79 Å². The van der Waals surface area contributed by atoms with Gasteiger partial charge in [0.25, 0.3) is 0 Å². The Bertz CT molecular complexity index is 1140. The highest BCUT2D eigenvalue weighted by molar-refractivity contribution is 6.00. The fourth-order valence-electron chi connectivity index (χ4n) is 4.73. The standard InChI is InChI=1S/C19H19N3O2.C9H15NO2/c1-12(2)23-17-9-8-14(10-15(17)11-20)19-21-18(22-24-19)16-7-5-4-6-13(16)3;11-9(12)7-5-8(6-7)10-3-1-2-4-10/h4-10,12,19H,1-3H3,(H,21,22);7-8H,1-6H2,(H,11,12). The summed E-state index contributed by atoms with van der Waals surface area (Å²) in [5.41, 5.74) is 6.28. The van der Waals surface area contributed by atoms with E-state index in [4.69, 9.17) is 14.7 Å². The lowest BCUT2D eigenvalue weighted by Gasteiger charge is -2.38. The average molecular weight is 491 g/mol. The molecule has 1 unspecified atom stereocenters. The molecular weight excluding hydrogens is 456 g/mol. The monoisotopic (exact) mass is 490 g/mol. The molecule has 36 heavy (non-hydrogen) atoms. The van der Waals surface area contributed by atoms with Gasteiger partial charge in [-0.2, -0.15) is 5.26 Å². The van der Waals surface area contributed by atoms with Crippen LogP contribution in [0.4, 0.5) is 0 Å². The molecule has 2 fully saturated rings. The zero-order valence-electron chi connectivity index (χ0n) is 21.1. The van der Waals surface area contributed by atoms with Crippen LogP contribution in [0.25, 0.3) is 0 Å². The van der Waals surface area contributed by atoms with Crippen molar-refractivity contribution in [2.75, 3.05) is 13.1 Å². The third-order valence-electron chi connectivity index (χ3n) is 6.81. The number of aliphatic carboxylic acids is 1. The van der Waals surface area contributed by atoms with Crippen molar-refractivity contribution in [1.82, 2.24) is 10.4 Å². The highest BCUT2D eigenvalue weighted by Crippen LogP contribution is 2.33. The SMILES string of the molecule is Cc1ccccc1C1=NC(c2ccc(OC(C)C)c(C#N)c2)ON1.O=C(O)C1CC(N2CCCC2)C1. The van der Waals surface area contributed by atoms with E-state index in [2.05, 4.69) is 21.4 Å². The summed E-state index contributed by atoms with van der Waals surface area (Å²) in [6, 6.07) is 16.1. The van der Waals surface area contributed by atoms with Crippen LogP contribution in [-0.4, -0.2) is 47.0 Å². The molecule has 2 aliphatic heterocycles. The Morgan fingerprint density at radius 3 is 2.58 bits per heavy atom. The summed E-state index contributed by atoms with van der Waals surface area (Å²) >= 11 is 0. The Kier molecular flexibility index (Phi) is 8.24. The predicted molar refractivity (Wildman–Crippen MR) is 137 cm³/mol. The number of carbonyl (C=O) groups is 1. The van der Waals surface area contributed by atoms with Crippen LogP contribution in [-0.2, 0) is 9.63 Å². The molecule has 0 aromatic heterocycles. The van der Waals surface area contributed by atoms with E-state index in [-0.39, 0.29) is 12.0 Å². The molecule has 1 atom stereocenters. The number of likely N-dealkylation sites (tertiary alicyclic amines) is 1. The maximum absolute atomic E-state index is 10.5. The van der Waals surface area contributed by atoms with Crippen molar-refractivity contribution in [3.05, 3.63) is 64.7 Å². The molecule has 2 N–H and O–H groups in total. The Hall–Kier alpha value is -3.41. The number of nitrogens with one attached hydrogen (secondary N) is 1. The second-order valence-corrected chi connectivity index (χ2v) is 9.80. The molecule has 0 radical (unpaired) electrons. The minimum Gasteiger partial charge on any atom is -0.490 e. The van der Waals surface area contributed by atoms with Crippen molar-refractivity contribution >= 4 is 11.8 Å². The van der Waals surface area contributed by atoms with E-state index in [1.807, 2.05) is 51.1 Å². The summed E-state index contributed by atoms with van der Waals surface area (Å²) in [5, 5.41) is 18.0. The fraction of sp³-hybridized carbons (Fsp3) is 0.464. The van der Waals surface area contributed by atoms with Crippen LogP contribution in [0.2, 0.25) is 0 Å². The van der Waals surface area contributed by atoms with Gasteiger partial charge in [-0.05, 0) is 77.2 Å². The van der Waals surface area contributed by atoms with E-state index in [0.717, 1.165) is 29.5 Å². The largest absolute Gasteiger partial charge is 0.490 e. The van der Waals surface area contributed by atoms with E-state index < -0.39 is 12.2 Å². The van der Waals surface area contributed by atoms with E-state index in [1.165, 1.54) is 25.9 Å². The van der Waals surface area contributed by atoms with Crippen molar-refractivity contribution in [3.8, 4) is 11.8 Å². The molecule has 0 spiro atoms. The maximum Gasteiger partial charge on any atom is 0.306 e. The van der Waals surface area contributed by atoms with Gasteiger partial charge in [-0.15, -0.1) is 0 Å². The van der Waals surface area contributed by atoms with Crippen molar-refractivity contribution in [1.29, 1.82) is 5.26 Å². The quantitative estimate of drug-likeness (QED) is 0.610. The summed E-state index contributed by atoms with van der Waals surface area (Å²) in [4.78, 5) is 23.1. The van der Waals surface area contributed by atoms with Crippen molar-refractivity contribution in [2.24, 2.45) is 10.9 Å². The molecule has 3 aliphatic rings. The first-order valence-electron chi connectivity index (χ1n) is 12.6. The van der Waals surface area contributed by atoms with Gasteiger partial charge in [0.05, 0.1) is 17.6 Å². The normalized spacial score (nSPS) is 23.1. The minimum absolute atomic E-state index is 0.0121. The number of nitriles is 1. The lowest BCUT2D eigenvalue weighted by atomic mass is 9.79. The third kappa shape index (κ3) is 6.04. The van der Waals surface area contributed by atoms with Gasteiger partial charge in [-0.25, -0.2) is 15.3 Å². The van der Waals surface area contributed by atoms with Crippen LogP contribution in [0, 0.1) is 24.2 Å². The summed E-state index contributed by atoms with van der Waals surface area (Å²) in [6.45, 7) is 8.27. The first kappa shape index (κ1) is 25.7. The van der Waals surface area contributed by atoms with Crippen LogP contribution in [0.5, 0.6) is 5.75 Å². The predicted octanol–water partition coefficient (Wildman–Crippen LogP) is 4.58. The highest BCUT2D eigenvalue weighted by Gasteiger charge is 2.38. The number of aryl methyl sites for hydroxylation is 1. The van der Waals surface area contributed by atoms with Gasteiger partial charge in [0.15, 0.2) is 5.84 Å². The molecule has 0 bridgehead atoms. The molecule has 1 saturated heterocycles. The number of aliphatic imine (C=N–C) groups is 1. The van der Waals surface area contributed by atoms with Crippen LogP contribution in [0.15, 0.2) is 47.5 Å². The number of carboxylic acid groups (broad SMARTS) is 1. The molecule has 1 aliphatic carbocycles. The minimum atomic E-state index is -0.606. The van der Waals surface area contributed by atoms with E-state index in [1.54, 1.807) is 12.1 Å². The molecule has 0 amide bonds. The lowest BCUT2D eigenvalue weighted by molar-refractivity contribution is -0.146. The molecule has 2 aromatic carbocycles. The zero-order chi connectivity index (χ0) is 25.7. The van der Waals surface area contributed by atoms with Gasteiger partial charge in [-0.1, -0.05) is 30.3 Å². The molecule has 8 nitrogen and oxygen atoms in total. The molecule has 1 saturated carbocycles. The number of ether oxygens (including phenoxy) is 1. The summed E-state index contributed by atoms with van der Waals surface area (Å²) in [5.74, 6) is 0.616. The number of hydrogen-bond donors (Lipinski definition) is 2. The molecule has 190 valence electrons. The van der Waals surface area contributed by atoms with Crippen molar-refractivity contribution in [2.45, 2.75) is 64.8 Å². The van der Waals surface area contributed by atoms with E-state index in [9.17, 15) is 10.1 Å². The number of amidine groups is 1. The highest BCUT2D eigenvalue weighted by atomic mass is 16.7. The lowest BCUT2D eigenvalue weighted by Crippen LogP contribution is -2.45. The van der Waals surface area contributed by atoms with Crippen LogP contribution < -0.4 is 10.2 Å². The van der Waals surface area contributed by atoms with Gasteiger partial charge in [0.2, 0.25) is 6.23 Å². The molecule has 2 aromatic rings.